The van der Waals surface area contributed by atoms with E-state index >= 15 is 0 Å². The molecular formula is C31H50N4O5. The third-order valence-electron chi connectivity index (χ3n) is 7.58. The van der Waals surface area contributed by atoms with Gasteiger partial charge in [0.1, 0.15) is 29.0 Å². The predicted octanol–water partition coefficient (Wildman–Crippen LogP) is 4.47. The summed E-state index contributed by atoms with van der Waals surface area (Å²) in [7, 11) is 0. The van der Waals surface area contributed by atoms with Gasteiger partial charge in [-0.15, -0.1) is 0 Å². The summed E-state index contributed by atoms with van der Waals surface area (Å²) in [5, 5.41) is 11.1. The molecule has 0 aliphatic carbocycles. The lowest BCUT2D eigenvalue weighted by Crippen LogP contribution is -2.54. The normalized spacial score (nSPS) is 15.6. The number of nitrogens with zero attached hydrogens (tertiary/aromatic N) is 4. The van der Waals surface area contributed by atoms with Crippen molar-refractivity contribution in [1.82, 2.24) is 14.0 Å². The summed E-state index contributed by atoms with van der Waals surface area (Å²) in [5.41, 5.74) is -1.33. The zero-order valence-corrected chi connectivity index (χ0v) is 25.6. The second-order valence-electron chi connectivity index (χ2n) is 11.9. The lowest BCUT2D eigenvalue weighted by atomic mass is 10.0. The lowest BCUT2D eigenvalue weighted by molar-refractivity contribution is -0.0450. The maximum absolute atomic E-state index is 13.1. The van der Waals surface area contributed by atoms with Crippen LogP contribution in [0.25, 0.3) is 0 Å². The van der Waals surface area contributed by atoms with Crippen LogP contribution in [0.4, 0.5) is 5.82 Å². The Morgan fingerprint density at radius 3 is 2.05 bits per heavy atom. The molecule has 0 saturated carbocycles. The molecule has 1 fully saturated rings. The molecule has 224 valence electrons. The van der Waals surface area contributed by atoms with Gasteiger partial charge in [0.15, 0.2) is 0 Å². The van der Waals surface area contributed by atoms with E-state index in [2.05, 4.69) is 16.7 Å². The van der Waals surface area contributed by atoms with E-state index in [9.17, 15) is 14.7 Å². The zero-order chi connectivity index (χ0) is 29.4. The summed E-state index contributed by atoms with van der Waals surface area (Å²) in [6.07, 6.45) is 3.97. The Bertz CT molecular complexity index is 1180. The summed E-state index contributed by atoms with van der Waals surface area (Å²) in [6.45, 7) is 17.5. The standard InChI is InChI=1S/C31H50N4O5/c1-8-9-10-11-20-39-25-12-14-26(15-13-25)40-31(6,7)27(36)22-32-16-18-33(19-17-32)28-21-29(37)35(24(4)5)30(38)34(28)23(2)3/h12-15,21,23-24,27,36H,8-11,16-20,22H2,1-7H3. The number of hydrogen-bond donors (Lipinski definition) is 1. The highest BCUT2D eigenvalue weighted by molar-refractivity contribution is 5.40. The third kappa shape index (κ3) is 8.13. The molecule has 0 amide bonds. The lowest BCUT2D eigenvalue weighted by Gasteiger charge is -2.40. The number of benzene rings is 1. The molecule has 0 bridgehead atoms. The molecule has 1 saturated heterocycles. The Morgan fingerprint density at radius 1 is 0.875 bits per heavy atom. The summed E-state index contributed by atoms with van der Waals surface area (Å²) < 4.78 is 15.0. The fraction of sp³-hybridized carbons (Fsp3) is 0.677. The fourth-order valence-corrected chi connectivity index (χ4v) is 5.08. The third-order valence-corrected chi connectivity index (χ3v) is 7.58. The van der Waals surface area contributed by atoms with E-state index in [1.165, 1.54) is 23.8 Å². The largest absolute Gasteiger partial charge is 0.494 e. The van der Waals surface area contributed by atoms with Gasteiger partial charge in [-0.3, -0.25) is 18.8 Å². The van der Waals surface area contributed by atoms with Crippen molar-refractivity contribution in [2.45, 2.75) is 97.9 Å². The molecule has 1 aromatic carbocycles. The first-order chi connectivity index (χ1) is 18.9. The highest BCUT2D eigenvalue weighted by atomic mass is 16.5. The van der Waals surface area contributed by atoms with Gasteiger partial charge in [0.2, 0.25) is 0 Å². The molecule has 1 aliphatic heterocycles. The maximum Gasteiger partial charge on any atom is 0.333 e. The maximum atomic E-state index is 13.1. The number of anilines is 1. The number of rotatable bonds is 14. The Balaban J connectivity index is 1.56. The summed E-state index contributed by atoms with van der Waals surface area (Å²) in [4.78, 5) is 30.2. The van der Waals surface area contributed by atoms with Crippen LogP contribution in [-0.2, 0) is 0 Å². The van der Waals surface area contributed by atoms with Gasteiger partial charge in [0.05, 0.1) is 6.61 Å². The van der Waals surface area contributed by atoms with E-state index in [1.54, 1.807) is 10.6 Å². The molecule has 40 heavy (non-hydrogen) atoms. The van der Waals surface area contributed by atoms with Crippen LogP contribution >= 0.6 is 0 Å². The first-order valence-electron chi connectivity index (χ1n) is 14.9. The van der Waals surface area contributed by atoms with Gasteiger partial charge in [-0.25, -0.2) is 4.79 Å². The number of β-amino-alcohol motifs (C(OH)–C–C–N with tert-alkyl or cyclic N) is 1. The van der Waals surface area contributed by atoms with Crippen molar-refractivity contribution in [3.05, 3.63) is 51.2 Å². The first-order valence-corrected chi connectivity index (χ1v) is 14.9. The van der Waals surface area contributed by atoms with Gasteiger partial charge in [0, 0.05) is 50.9 Å². The van der Waals surface area contributed by atoms with Crippen LogP contribution in [-0.4, -0.2) is 70.2 Å². The van der Waals surface area contributed by atoms with E-state index in [0.717, 1.165) is 12.2 Å². The highest BCUT2D eigenvalue weighted by Crippen LogP contribution is 2.25. The predicted molar refractivity (Wildman–Crippen MR) is 161 cm³/mol. The second-order valence-corrected chi connectivity index (χ2v) is 11.9. The molecule has 9 nitrogen and oxygen atoms in total. The molecular weight excluding hydrogens is 508 g/mol. The molecule has 3 rings (SSSR count). The number of aromatic nitrogens is 2. The van der Waals surface area contributed by atoms with Gasteiger partial charge >= 0.3 is 5.69 Å². The average molecular weight is 559 g/mol. The molecule has 0 spiro atoms. The van der Waals surface area contributed by atoms with Crippen LogP contribution in [0.15, 0.2) is 39.9 Å². The number of ether oxygens (including phenoxy) is 2. The topological polar surface area (TPSA) is 89.2 Å². The molecule has 2 aromatic rings. The number of hydrogen-bond acceptors (Lipinski definition) is 7. The molecule has 1 atom stereocenters. The van der Waals surface area contributed by atoms with Gasteiger partial charge in [-0.2, -0.15) is 0 Å². The fourth-order valence-electron chi connectivity index (χ4n) is 5.08. The Hall–Kier alpha value is -2.78. The molecule has 2 heterocycles. The van der Waals surface area contributed by atoms with Crippen LogP contribution in [0, 0.1) is 0 Å². The van der Waals surface area contributed by atoms with Crippen LogP contribution in [0.2, 0.25) is 0 Å². The molecule has 1 aromatic heterocycles. The Labute approximate surface area is 239 Å². The number of aliphatic hydroxyl groups excluding tert-OH is 1. The van der Waals surface area contributed by atoms with Crippen molar-refractivity contribution in [2.24, 2.45) is 0 Å². The molecule has 0 radical (unpaired) electrons. The van der Waals surface area contributed by atoms with E-state index in [-0.39, 0.29) is 23.3 Å². The van der Waals surface area contributed by atoms with Crippen molar-refractivity contribution in [1.29, 1.82) is 0 Å². The second kappa shape index (κ2) is 14.2. The van der Waals surface area contributed by atoms with Gasteiger partial charge < -0.3 is 19.5 Å². The van der Waals surface area contributed by atoms with Gasteiger partial charge in [-0.05, 0) is 72.2 Å². The van der Waals surface area contributed by atoms with Crippen LogP contribution in [0.5, 0.6) is 11.5 Å². The van der Waals surface area contributed by atoms with Crippen molar-refractivity contribution in [2.75, 3.05) is 44.2 Å². The van der Waals surface area contributed by atoms with Crippen molar-refractivity contribution >= 4 is 5.82 Å². The van der Waals surface area contributed by atoms with Crippen LogP contribution in [0.1, 0.15) is 86.2 Å². The van der Waals surface area contributed by atoms with Crippen LogP contribution < -0.4 is 25.6 Å². The van der Waals surface area contributed by atoms with Gasteiger partial charge in [0.25, 0.3) is 5.56 Å². The molecule has 1 N–H and O–H groups in total. The minimum Gasteiger partial charge on any atom is -0.494 e. The van der Waals surface area contributed by atoms with Crippen molar-refractivity contribution < 1.29 is 14.6 Å². The van der Waals surface area contributed by atoms with Crippen LogP contribution in [0.3, 0.4) is 0 Å². The number of aliphatic hydroxyl groups is 1. The minimum atomic E-state index is -0.793. The Kier molecular flexibility index (Phi) is 11.3. The zero-order valence-electron chi connectivity index (χ0n) is 25.6. The smallest absolute Gasteiger partial charge is 0.333 e. The van der Waals surface area contributed by atoms with Crippen molar-refractivity contribution in [3.63, 3.8) is 0 Å². The van der Waals surface area contributed by atoms with E-state index in [1.807, 2.05) is 65.8 Å². The summed E-state index contributed by atoms with van der Waals surface area (Å²) in [6, 6.07) is 8.91. The van der Waals surface area contributed by atoms with E-state index in [4.69, 9.17) is 9.47 Å². The summed E-state index contributed by atoms with van der Waals surface area (Å²) >= 11 is 0. The quantitative estimate of drug-likeness (QED) is 0.342. The number of piperazine rings is 1. The molecule has 1 unspecified atom stereocenters. The number of unbranched alkanes of at least 4 members (excludes halogenated alkanes) is 3. The highest BCUT2D eigenvalue weighted by Gasteiger charge is 2.33. The van der Waals surface area contributed by atoms with E-state index < -0.39 is 11.7 Å². The van der Waals surface area contributed by atoms with Crippen molar-refractivity contribution in [3.8, 4) is 11.5 Å². The monoisotopic (exact) mass is 558 g/mol. The molecule has 9 heteroatoms. The summed E-state index contributed by atoms with van der Waals surface area (Å²) in [5.74, 6) is 2.18. The van der Waals surface area contributed by atoms with Gasteiger partial charge in [-0.1, -0.05) is 26.2 Å². The Morgan fingerprint density at radius 2 is 1.48 bits per heavy atom. The average Bonchev–Trinajstić information content (AvgIpc) is 2.89. The SMILES string of the molecule is CCCCCCOc1ccc(OC(C)(C)C(O)CN2CCN(c3cc(=O)n(C(C)C)c(=O)n3C(C)C)CC2)cc1. The minimum absolute atomic E-state index is 0.0719. The van der Waals surface area contributed by atoms with E-state index in [0.29, 0.717) is 50.9 Å². The first kappa shape index (κ1) is 31.7. The molecule has 1 aliphatic rings.